The van der Waals surface area contributed by atoms with Gasteiger partial charge in [0.1, 0.15) is 11.9 Å². The van der Waals surface area contributed by atoms with Crippen LogP contribution >= 0.6 is 0 Å². The molecule has 27 heavy (non-hydrogen) atoms. The molecule has 144 valence electrons. The fraction of sp³-hybridized carbons (Fsp3) is 0.300. The minimum atomic E-state index is -0.823. The molecule has 2 rings (SSSR count). The summed E-state index contributed by atoms with van der Waals surface area (Å²) in [7, 11) is 7.93. The predicted molar refractivity (Wildman–Crippen MR) is 104 cm³/mol. The monoisotopic (exact) mass is 373 g/mol. The van der Waals surface area contributed by atoms with Gasteiger partial charge in [0, 0.05) is 31.0 Å². The standard InChI is InChI=1S/C20H25FN4O2/c1-24(2)17-10-8-14(9-11-17)18(25(3)4)13-22-19(26)20(27)23-16-7-5-6-15(21)12-16/h5-12,18H,13H2,1-4H3,(H,22,26)(H,23,27)/p+1/t18-/m1/s1. The zero-order valence-electron chi connectivity index (χ0n) is 16.0. The number of hydrogen-bond acceptors (Lipinski definition) is 3. The molecular formula is C20H26FN4O2+. The van der Waals surface area contributed by atoms with E-state index in [4.69, 9.17) is 0 Å². The summed E-state index contributed by atoms with van der Waals surface area (Å²) < 4.78 is 13.2. The third kappa shape index (κ3) is 5.79. The molecule has 2 aromatic carbocycles. The number of nitrogens with zero attached hydrogens (tertiary/aromatic N) is 1. The van der Waals surface area contributed by atoms with Gasteiger partial charge in [-0.25, -0.2) is 4.39 Å². The molecular weight excluding hydrogens is 347 g/mol. The van der Waals surface area contributed by atoms with Crippen molar-refractivity contribution in [1.82, 2.24) is 5.32 Å². The van der Waals surface area contributed by atoms with E-state index in [2.05, 4.69) is 10.6 Å². The number of nitrogens with one attached hydrogen (secondary N) is 3. The Morgan fingerprint density at radius 3 is 2.30 bits per heavy atom. The summed E-state index contributed by atoms with van der Waals surface area (Å²) in [6, 6.07) is 13.5. The number of amides is 2. The molecule has 0 spiro atoms. The Labute approximate surface area is 159 Å². The molecule has 6 nitrogen and oxygen atoms in total. The molecule has 0 fully saturated rings. The molecule has 0 radical (unpaired) electrons. The molecule has 1 atom stereocenters. The maximum atomic E-state index is 13.2. The predicted octanol–water partition coefficient (Wildman–Crippen LogP) is 0.832. The van der Waals surface area contributed by atoms with Crippen molar-refractivity contribution in [2.24, 2.45) is 0 Å². The van der Waals surface area contributed by atoms with E-state index in [0.717, 1.165) is 22.2 Å². The van der Waals surface area contributed by atoms with Crippen LogP contribution in [0.3, 0.4) is 0 Å². The number of anilines is 2. The molecule has 0 unspecified atom stereocenters. The van der Waals surface area contributed by atoms with E-state index < -0.39 is 17.6 Å². The highest BCUT2D eigenvalue weighted by Crippen LogP contribution is 2.16. The van der Waals surface area contributed by atoms with E-state index in [0.29, 0.717) is 6.54 Å². The van der Waals surface area contributed by atoms with Crippen LogP contribution in [0.2, 0.25) is 0 Å². The lowest BCUT2D eigenvalue weighted by Gasteiger charge is -2.23. The summed E-state index contributed by atoms with van der Waals surface area (Å²) in [5, 5.41) is 5.05. The average molecular weight is 373 g/mol. The second-order valence-corrected chi connectivity index (χ2v) is 6.79. The molecule has 0 aliphatic carbocycles. The summed E-state index contributed by atoms with van der Waals surface area (Å²) >= 11 is 0. The lowest BCUT2D eigenvalue weighted by molar-refractivity contribution is -0.890. The number of benzene rings is 2. The van der Waals surface area contributed by atoms with E-state index in [-0.39, 0.29) is 11.7 Å². The van der Waals surface area contributed by atoms with Crippen molar-refractivity contribution >= 4 is 23.2 Å². The van der Waals surface area contributed by atoms with Crippen molar-refractivity contribution in [2.45, 2.75) is 6.04 Å². The van der Waals surface area contributed by atoms with Crippen LogP contribution in [0.15, 0.2) is 48.5 Å². The van der Waals surface area contributed by atoms with Gasteiger partial charge in [0.05, 0.1) is 20.6 Å². The van der Waals surface area contributed by atoms with E-state index >= 15 is 0 Å². The zero-order valence-corrected chi connectivity index (χ0v) is 16.0. The van der Waals surface area contributed by atoms with Crippen molar-refractivity contribution in [3.63, 3.8) is 0 Å². The smallest absolute Gasteiger partial charge is 0.313 e. The number of carbonyl (C=O) groups is 2. The van der Waals surface area contributed by atoms with Crippen LogP contribution < -0.4 is 20.4 Å². The first-order valence-corrected chi connectivity index (χ1v) is 8.70. The van der Waals surface area contributed by atoms with Gasteiger partial charge in [-0.05, 0) is 30.3 Å². The Hall–Kier alpha value is -2.93. The van der Waals surface area contributed by atoms with Gasteiger partial charge in [-0.2, -0.15) is 0 Å². The Kier molecular flexibility index (Phi) is 6.90. The molecule has 0 saturated heterocycles. The SMILES string of the molecule is CN(C)c1ccc([C@@H](CNC(=O)C(=O)Nc2cccc(F)c2)[NH+](C)C)cc1. The first kappa shape index (κ1) is 20.4. The molecule has 3 N–H and O–H groups in total. The van der Waals surface area contributed by atoms with Crippen LogP contribution in [0.5, 0.6) is 0 Å². The van der Waals surface area contributed by atoms with E-state index in [1.807, 2.05) is 57.4 Å². The summed E-state index contributed by atoms with van der Waals surface area (Å²) in [6.45, 7) is 0.305. The number of rotatable bonds is 6. The second kappa shape index (κ2) is 9.14. The van der Waals surface area contributed by atoms with Crippen LogP contribution in [-0.2, 0) is 9.59 Å². The third-order valence-corrected chi connectivity index (χ3v) is 4.26. The van der Waals surface area contributed by atoms with Gasteiger partial charge >= 0.3 is 11.8 Å². The average Bonchev–Trinajstić information content (AvgIpc) is 2.61. The first-order chi connectivity index (χ1) is 12.8. The van der Waals surface area contributed by atoms with E-state index in [1.54, 1.807) is 0 Å². The highest BCUT2D eigenvalue weighted by Gasteiger charge is 2.21. The molecule has 0 aromatic heterocycles. The topological polar surface area (TPSA) is 65.9 Å². The number of halogens is 1. The van der Waals surface area contributed by atoms with Gasteiger partial charge in [-0.15, -0.1) is 0 Å². The normalized spacial score (nSPS) is 11.8. The lowest BCUT2D eigenvalue weighted by Crippen LogP contribution is -3.07. The number of carbonyl (C=O) groups excluding carboxylic acids is 2. The molecule has 0 aliphatic rings. The Bertz CT molecular complexity index is 791. The van der Waals surface area contributed by atoms with Crippen molar-refractivity contribution in [2.75, 3.05) is 45.0 Å². The van der Waals surface area contributed by atoms with Gasteiger partial charge in [-0.3, -0.25) is 9.59 Å². The number of likely N-dealkylation sites (N-methyl/N-ethyl adjacent to an activating group) is 1. The summed E-state index contributed by atoms with van der Waals surface area (Å²) in [4.78, 5) is 27.2. The maximum Gasteiger partial charge on any atom is 0.313 e. The largest absolute Gasteiger partial charge is 0.378 e. The van der Waals surface area contributed by atoms with E-state index in [9.17, 15) is 14.0 Å². The van der Waals surface area contributed by atoms with Crippen LogP contribution in [0.4, 0.5) is 15.8 Å². The molecule has 2 amide bonds. The minimum absolute atomic E-state index is 0.00729. The van der Waals surface area contributed by atoms with Crippen molar-refractivity contribution < 1.29 is 18.9 Å². The molecule has 0 saturated carbocycles. The fourth-order valence-corrected chi connectivity index (χ4v) is 2.69. The van der Waals surface area contributed by atoms with Gasteiger partial charge < -0.3 is 20.4 Å². The van der Waals surface area contributed by atoms with Crippen molar-refractivity contribution in [3.05, 3.63) is 59.9 Å². The maximum absolute atomic E-state index is 13.2. The fourth-order valence-electron chi connectivity index (χ4n) is 2.69. The molecule has 0 heterocycles. The van der Waals surface area contributed by atoms with Crippen LogP contribution in [0.25, 0.3) is 0 Å². The first-order valence-electron chi connectivity index (χ1n) is 8.70. The Morgan fingerprint density at radius 1 is 1.07 bits per heavy atom. The lowest BCUT2D eigenvalue weighted by atomic mass is 10.1. The summed E-state index contributed by atoms with van der Waals surface area (Å²) in [6.07, 6.45) is 0. The van der Waals surface area contributed by atoms with Gasteiger partial charge in [-0.1, -0.05) is 18.2 Å². The molecule has 7 heteroatoms. The van der Waals surface area contributed by atoms with Crippen LogP contribution in [0, 0.1) is 5.82 Å². The number of hydrogen-bond donors (Lipinski definition) is 3. The zero-order chi connectivity index (χ0) is 20.0. The van der Waals surface area contributed by atoms with Gasteiger partial charge in [0.25, 0.3) is 0 Å². The molecule has 0 bridgehead atoms. The quantitative estimate of drug-likeness (QED) is 0.658. The highest BCUT2D eigenvalue weighted by molar-refractivity contribution is 6.39. The van der Waals surface area contributed by atoms with Crippen molar-refractivity contribution in [1.29, 1.82) is 0 Å². The highest BCUT2D eigenvalue weighted by atomic mass is 19.1. The molecule has 2 aromatic rings. The van der Waals surface area contributed by atoms with Gasteiger partial charge in [0.2, 0.25) is 0 Å². The Balaban J connectivity index is 1.98. The van der Waals surface area contributed by atoms with Crippen molar-refractivity contribution in [3.8, 4) is 0 Å². The van der Waals surface area contributed by atoms with E-state index in [1.165, 1.54) is 18.2 Å². The minimum Gasteiger partial charge on any atom is -0.378 e. The summed E-state index contributed by atoms with van der Waals surface area (Å²) in [5.74, 6) is -2.06. The van der Waals surface area contributed by atoms with Crippen LogP contribution in [-0.4, -0.2) is 46.5 Å². The Morgan fingerprint density at radius 2 is 1.74 bits per heavy atom. The van der Waals surface area contributed by atoms with Gasteiger partial charge in [0.15, 0.2) is 0 Å². The molecule has 0 aliphatic heterocycles. The summed E-state index contributed by atoms with van der Waals surface area (Å²) in [5.41, 5.74) is 2.39. The second-order valence-electron chi connectivity index (χ2n) is 6.79. The third-order valence-electron chi connectivity index (χ3n) is 4.26. The van der Waals surface area contributed by atoms with Crippen LogP contribution in [0.1, 0.15) is 11.6 Å². The number of quaternary nitrogens is 1.